The number of fused-ring (bicyclic) bond motifs is 1. The minimum Gasteiger partial charge on any atom is -0.374 e. The number of alkyl halides is 3. The number of carbonyl (C=O) groups excluding carboxylic acids is 1. The number of aliphatic hydroxyl groups is 1. The largest absolute Gasteiger partial charge is 0.435 e. The Morgan fingerprint density at radius 1 is 1.14 bits per heavy atom. The molecule has 35 heavy (non-hydrogen) atoms. The molecule has 0 saturated heterocycles. The van der Waals surface area contributed by atoms with Crippen LogP contribution in [-0.2, 0) is 12.9 Å². The number of amides is 1. The smallest absolute Gasteiger partial charge is 0.374 e. The topological polar surface area (TPSA) is 130 Å². The fraction of sp³-hybridized carbons (Fsp3) is 0.0952. The van der Waals surface area contributed by atoms with Crippen molar-refractivity contribution in [3.8, 4) is 22.6 Å². The van der Waals surface area contributed by atoms with Crippen LogP contribution in [0.1, 0.15) is 16.1 Å². The van der Waals surface area contributed by atoms with Crippen LogP contribution in [0.5, 0.6) is 0 Å². The number of hydrogen-bond acceptors (Lipinski definition) is 6. The zero-order valence-electron chi connectivity index (χ0n) is 17.5. The predicted octanol–water partition coefficient (Wildman–Crippen LogP) is 3.19. The van der Waals surface area contributed by atoms with Crippen molar-refractivity contribution in [1.29, 1.82) is 0 Å². The van der Waals surface area contributed by atoms with E-state index in [1.165, 1.54) is 58.4 Å². The summed E-state index contributed by atoms with van der Waals surface area (Å²) in [5, 5.41) is 16.6. The Morgan fingerprint density at radius 3 is 2.60 bits per heavy atom. The fourth-order valence-electron chi connectivity index (χ4n) is 3.62. The molecule has 0 aliphatic heterocycles. The molecule has 0 radical (unpaired) electrons. The summed E-state index contributed by atoms with van der Waals surface area (Å²) >= 11 is 6.26. The van der Waals surface area contributed by atoms with Crippen molar-refractivity contribution < 1.29 is 23.1 Å². The van der Waals surface area contributed by atoms with E-state index in [4.69, 9.17) is 17.3 Å². The first-order valence-corrected chi connectivity index (χ1v) is 10.3. The third-order valence-electron chi connectivity index (χ3n) is 5.21. The van der Waals surface area contributed by atoms with Crippen molar-refractivity contribution in [2.45, 2.75) is 12.9 Å². The molecule has 14 heteroatoms. The number of rotatable bonds is 5. The molecule has 5 rings (SSSR count). The number of nitrogens with two attached hydrogens (primary N) is 1. The van der Waals surface area contributed by atoms with Crippen molar-refractivity contribution in [2.24, 2.45) is 5.73 Å². The lowest BCUT2D eigenvalue weighted by Gasteiger charge is -2.08. The van der Waals surface area contributed by atoms with E-state index in [2.05, 4.69) is 20.2 Å². The standard InChI is InChI=1S/C21H14ClF3N8O2/c22-13-5-11(19(26)35)1-2-15(13)33-20-17(18(30-33)21(23,24)25)16(3-4-27-20)31-8-14(28-9-31)12-6-29-32(7-12)10-34/h1-9,34H,10H2,(H2,26,35). The molecule has 10 nitrogen and oxygen atoms in total. The summed E-state index contributed by atoms with van der Waals surface area (Å²) in [7, 11) is 0. The van der Waals surface area contributed by atoms with Crippen LogP contribution < -0.4 is 5.73 Å². The highest BCUT2D eigenvalue weighted by Crippen LogP contribution is 2.38. The van der Waals surface area contributed by atoms with Gasteiger partial charge >= 0.3 is 6.18 Å². The van der Waals surface area contributed by atoms with E-state index in [1.807, 2.05) is 0 Å². The van der Waals surface area contributed by atoms with E-state index in [1.54, 1.807) is 6.20 Å². The van der Waals surface area contributed by atoms with E-state index in [0.29, 0.717) is 11.3 Å². The Bertz CT molecular complexity index is 1590. The number of aliphatic hydroxyl groups excluding tert-OH is 1. The molecule has 0 aliphatic carbocycles. The van der Waals surface area contributed by atoms with Crippen LogP contribution in [0.2, 0.25) is 5.02 Å². The molecule has 0 spiro atoms. The quantitative estimate of drug-likeness (QED) is 0.379. The zero-order chi connectivity index (χ0) is 24.9. The van der Waals surface area contributed by atoms with Gasteiger partial charge in [-0.25, -0.2) is 19.3 Å². The van der Waals surface area contributed by atoms with Crippen molar-refractivity contribution in [3.63, 3.8) is 0 Å². The van der Waals surface area contributed by atoms with Crippen LogP contribution in [-0.4, -0.2) is 45.1 Å². The predicted molar refractivity (Wildman–Crippen MR) is 118 cm³/mol. The number of primary amides is 1. The second kappa shape index (κ2) is 8.21. The van der Waals surface area contributed by atoms with Gasteiger partial charge in [0.15, 0.2) is 11.3 Å². The van der Waals surface area contributed by atoms with Gasteiger partial charge in [-0.1, -0.05) is 11.6 Å². The number of halogens is 4. The summed E-state index contributed by atoms with van der Waals surface area (Å²) in [5.74, 6) is -0.736. The molecule has 4 aromatic heterocycles. The van der Waals surface area contributed by atoms with Crippen LogP contribution in [0.15, 0.2) is 55.4 Å². The van der Waals surface area contributed by atoms with Crippen molar-refractivity contribution in [1.82, 2.24) is 34.1 Å². The highest BCUT2D eigenvalue weighted by molar-refractivity contribution is 6.32. The van der Waals surface area contributed by atoms with E-state index in [-0.39, 0.29) is 39.7 Å². The van der Waals surface area contributed by atoms with Gasteiger partial charge in [0.05, 0.1) is 40.0 Å². The molecule has 178 valence electrons. The maximum atomic E-state index is 14.1. The Morgan fingerprint density at radius 2 is 1.94 bits per heavy atom. The summed E-state index contributed by atoms with van der Waals surface area (Å²) < 4.78 is 45.9. The van der Waals surface area contributed by atoms with Crippen molar-refractivity contribution in [3.05, 3.63) is 71.7 Å². The molecule has 0 unspecified atom stereocenters. The van der Waals surface area contributed by atoms with Gasteiger partial charge < -0.3 is 15.4 Å². The molecule has 5 aromatic rings. The van der Waals surface area contributed by atoms with Crippen molar-refractivity contribution >= 4 is 28.5 Å². The molecule has 0 fully saturated rings. The molecule has 0 saturated carbocycles. The molecular formula is C21H14ClF3N8O2. The monoisotopic (exact) mass is 502 g/mol. The lowest BCUT2D eigenvalue weighted by atomic mass is 10.2. The molecule has 4 heterocycles. The van der Waals surface area contributed by atoms with Crippen LogP contribution in [0, 0.1) is 0 Å². The number of nitrogens with zero attached hydrogens (tertiary/aromatic N) is 7. The maximum Gasteiger partial charge on any atom is 0.435 e. The maximum absolute atomic E-state index is 14.1. The molecular weight excluding hydrogens is 489 g/mol. The van der Waals surface area contributed by atoms with Crippen LogP contribution in [0.25, 0.3) is 33.7 Å². The summed E-state index contributed by atoms with van der Waals surface area (Å²) in [6.07, 6.45) is 2.43. The third-order valence-corrected chi connectivity index (χ3v) is 5.51. The van der Waals surface area contributed by atoms with Gasteiger partial charge in [0.1, 0.15) is 6.73 Å². The fourth-order valence-corrected chi connectivity index (χ4v) is 3.88. The van der Waals surface area contributed by atoms with Crippen molar-refractivity contribution in [2.75, 3.05) is 0 Å². The number of hydrogen-bond donors (Lipinski definition) is 2. The highest BCUT2D eigenvalue weighted by atomic mass is 35.5. The number of carbonyl (C=O) groups is 1. The van der Waals surface area contributed by atoms with E-state index in [9.17, 15) is 23.1 Å². The molecule has 0 atom stereocenters. The Hall–Kier alpha value is -4.23. The molecule has 0 aliphatic rings. The normalized spacial score (nSPS) is 11.9. The Balaban J connectivity index is 1.70. The lowest BCUT2D eigenvalue weighted by Crippen LogP contribution is -2.11. The average molecular weight is 503 g/mol. The number of benzene rings is 1. The van der Waals surface area contributed by atoms with Crippen LogP contribution in [0.4, 0.5) is 13.2 Å². The number of pyridine rings is 1. The summed E-state index contributed by atoms with van der Waals surface area (Å²) in [5.41, 5.74) is 5.29. The van der Waals surface area contributed by atoms with Crippen LogP contribution >= 0.6 is 11.6 Å². The Kier molecular flexibility index (Phi) is 5.29. The number of aromatic nitrogens is 7. The van der Waals surface area contributed by atoms with Gasteiger partial charge in [0.25, 0.3) is 0 Å². The van der Waals surface area contributed by atoms with Gasteiger partial charge in [-0.05, 0) is 24.3 Å². The van der Waals surface area contributed by atoms with E-state index < -0.39 is 17.8 Å². The number of imidazole rings is 1. The molecule has 3 N–H and O–H groups in total. The first-order valence-electron chi connectivity index (χ1n) is 9.90. The molecule has 1 aromatic carbocycles. The summed E-state index contributed by atoms with van der Waals surface area (Å²) in [6, 6.07) is 5.34. The van der Waals surface area contributed by atoms with E-state index >= 15 is 0 Å². The second-order valence-corrected chi connectivity index (χ2v) is 7.80. The third kappa shape index (κ3) is 3.90. The first kappa shape index (κ1) is 22.6. The zero-order valence-corrected chi connectivity index (χ0v) is 18.2. The average Bonchev–Trinajstić information content (AvgIpc) is 3.56. The van der Waals surface area contributed by atoms with Gasteiger partial charge in [-0.15, -0.1) is 0 Å². The van der Waals surface area contributed by atoms with E-state index in [0.717, 1.165) is 4.68 Å². The second-order valence-electron chi connectivity index (χ2n) is 7.39. The van der Waals surface area contributed by atoms with Gasteiger partial charge in [-0.3, -0.25) is 4.79 Å². The lowest BCUT2D eigenvalue weighted by molar-refractivity contribution is -0.140. The van der Waals surface area contributed by atoms with Gasteiger partial charge in [0.2, 0.25) is 5.91 Å². The SMILES string of the molecule is NC(=O)c1ccc(-n2nc(C(F)(F)F)c3c(-n4cnc(-c5cnn(CO)c5)c4)ccnc32)c(Cl)c1. The highest BCUT2D eigenvalue weighted by Gasteiger charge is 2.39. The first-order chi connectivity index (χ1) is 16.7. The summed E-state index contributed by atoms with van der Waals surface area (Å²) in [4.78, 5) is 19.8. The Labute approximate surface area is 199 Å². The molecule has 0 bridgehead atoms. The van der Waals surface area contributed by atoms with Crippen LogP contribution in [0.3, 0.4) is 0 Å². The summed E-state index contributed by atoms with van der Waals surface area (Å²) in [6.45, 7) is -0.331. The van der Waals surface area contributed by atoms with Gasteiger partial charge in [-0.2, -0.15) is 23.4 Å². The van der Waals surface area contributed by atoms with Gasteiger partial charge in [0, 0.05) is 29.7 Å². The minimum absolute atomic E-state index is 0.0301. The minimum atomic E-state index is -4.81. The molecule has 1 amide bonds.